The monoisotopic (exact) mass is 385 g/mol. The first kappa shape index (κ1) is 19.2. The van der Waals surface area contributed by atoms with Crippen LogP contribution in [0.1, 0.15) is 19.4 Å². The highest BCUT2D eigenvalue weighted by Gasteiger charge is 2.28. The summed E-state index contributed by atoms with van der Waals surface area (Å²) in [6, 6.07) is 8.35. The van der Waals surface area contributed by atoms with Gasteiger partial charge in [0.05, 0.1) is 11.9 Å². The first-order valence-corrected chi connectivity index (χ1v) is 8.33. The fraction of sp³-hybridized carbons (Fsp3) is 0.438. The first-order chi connectivity index (χ1) is 11.0. The molecule has 0 fully saturated rings. The summed E-state index contributed by atoms with van der Waals surface area (Å²) >= 11 is 3.04. The van der Waals surface area contributed by atoms with E-state index in [0.29, 0.717) is 0 Å². The molecule has 0 saturated carbocycles. The Morgan fingerprint density at radius 3 is 2.39 bits per heavy atom. The zero-order valence-corrected chi connectivity index (χ0v) is 14.7. The molecule has 0 aliphatic carbocycles. The smallest absolute Gasteiger partial charge is 0.328 e. The maximum Gasteiger partial charge on any atom is 0.328 e. The highest BCUT2D eigenvalue weighted by atomic mass is 79.9. The van der Waals surface area contributed by atoms with Crippen molar-refractivity contribution >= 4 is 33.8 Å². The molecule has 0 heterocycles. The predicted octanol–water partition coefficient (Wildman–Crippen LogP) is 1.90. The van der Waals surface area contributed by atoms with Crippen LogP contribution in [-0.4, -0.2) is 47.3 Å². The number of hydrogen-bond acceptors (Lipinski definition) is 5. The third-order valence-electron chi connectivity index (χ3n) is 3.07. The van der Waals surface area contributed by atoms with Crippen molar-refractivity contribution in [3.63, 3.8) is 0 Å². The first-order valence-electron chi connectivity index (χ1n) is 7.21. The Morgan fingerprint density at radius 1 is 1.17 bits per heavy atom. The van der Waals surface area contributed by atoms with Crippen molar-refractivity contribution in [2.75, 3.05) is 18.5 Å². The molecule has 0 N–H and O–H groups in total. The van der Waals surface area contributed by atoms with Crippen LogP contribution in [0.4, 0.5) is 0 Å². The Hall–Kier alpha value is -1.89. The lowest BCUT2D eigenvalue weighted by Crippen LogP contribution is -2.47. The van der Waals surface area contributed by atoms with E-state index in [1.165, 1.54) is 6.92 Å². The van der Waals surface area contributed by atoms with Gasteiger partial charge in [0.2, 0.25) is 5.91 Å². The lowest BCUT2D eigenvalue weighted by atomic mass is 10.2. The molecule has 1 aromatic rings. The lowest BCUT2D eigenvalue weighted by Gasteiger charge is -2.26. The van der Waals surface area contributed by atoms with Crippen molar-refractivity contribution in [1.82, 2.24) is 4.90 Å². The zero-order valence-electron chi connectivity index (χ0n) is 13.2. The number of rotatable bonds is 8. The van der Waals surface area contributed by atoms with E-state index in [-0.39, 0.29) is 31.0 Å². The van der Waals surface area contributed by atoms with E-state index in [2.05, 4.69) is 15.9 Å². The molecule has 0 aliphatic heterocycles. The Balaban J connectivity index is 2.63. The zero-order chi connectivity index (χ0) is 17.2. The van der Waals surface area contributed by atoms with Gasteiger partial charge in [0.15, 0.2) is 0 Å². The van der Waals surface area contributed by atoms with Crippen LogP contribution in [0.25, 0.3) is 0 Å². The molecule has 0 radical (unpaired) electrons. The van der Waals surface area contributed by atoms with Gasteiger partial charge >= 0.3 is 11.9 Å². The Labute approximate surface area is 143 Å². The standard InChI is InChI=1S/C16H20BrNO5/c1-3-22-16(21)12(2)18(14(19)9-17)10-15(20)23-11-13-7-5-4-6-8-13/h4-8,12H,3,9-11H2,1-2H3. The van der Waals surface area contributed by atoms with E-state index in [9.17, 15) is 14.4 Å². The summed E-state index contributed by atoms with van der Waals surface area (Å²) in [5, 5.41) is 0.00269. The largest absolute Gasteiger partial charge is 0.464 e. The summed E-state index contributed by atoms with van der Waals surface area (Å²) in [7, 11) is 0. The summed E-state index contributed by atoms with van der Waals surface area (Å²) < 4.78 is 10.0. The summed E-state index contributed by atoms with van der Waals surface area (Å²) in [6.07, 6.45) is 0. The molecule has 1 amide bonds. The molecule has 23 heavy (non-hydrogen) atoms. The average molecular weight is 386 g/mol. The summed E-state index contributed by atoms with van der Waals surface area (Å²) in [6.45, 7) is 3.21. The van der Waals surface area contributed by atoms with Gasteiger partial charge in [0.1, 0.15) is 19.2 Å². The number of nitrogens with zero attached hydrogens (tertiary/aromatic N) is 1. The van der Waals surface area contributed by atoms with Gasteiger partial charge in [-0.2, -0.15) is 0 Å². The van der Waals surface area contributed by atoms with Crippen LogP contribution in [-0.2, 0) is 30.5 Å². The van der Waals surface area contributed by atoms with Crippen molar-refractivity contribution in [3.8, 4) is 0 Å². The summed E-state index contributed by atoms with van der Waals surface area (Å²) in [5.41, 5.74) is 0.845. The maximum atomic E-state index is 11.9. The minimum atomic E-state index is -0.857. The second kappa shape index (κ2) is 9.99. The fourth-order valence-electron chi connectivity index (χ4n) is 1.83. The number of carbonyl (C=O) groups excluding carboxylic acids is 3. The van der Waals surface area contributed by atoms with E-state index >= 15 is 0 Å². The van der Waals surface area contributed by atoms with Crippen LogP contribution in [0.15, 0.2) is 30.3 Å². The van der Waals surface area contributed by atoms with Gasteiger partial charge in [-0.05, 0) is 19.4 Å². The molecule has 7 heteroatoms. The lowest BCUT2D eigenvalue weighted by molar-refractivity contribution is -0.158. The Morgan fingerprint density at radius 2 is 1.83 bits per heavy atom. The third kappa shape index (κ3) is 6.40. The molecule has 6 nitrogen and oxygen atoms in total. The average Bonchev–Trinajstić information content (AvgIpc) is 2.57. The molecule has 0 bridgehead atoms. The van der Waals surface area contributed by atoms with Gasteiger partial charge in [-0.15, -0.1) is 0 Å². The quantitative estimate of drug-likeness (QED) is 0.504. The van der Waals surface area contributed by atoms with E-state index in [4.69, 9.17) is 9.47 Å². The molecule has 0 aromatic heterocycles. The molecule has 126 valence electrons. The highest BCUT2D eigenvalue weighted by molar-refractivity contribution is 9.09. The highest BCUT2D eigenvalue weighted by Crippen LogP contribution is 2.07. The molecule has 0 spiro atoms. The van der Waals surface area contributed by atoms with Gasteiger partial charge in [-0.1, -0.05) is 46.3 Å². The molecule has 1 rings (SSSR count). The number of carbonyl (C=O) groups is 3. The molecule has 1 atom stereocenters. The Bertz CT molecular complexity index is 535. The van der Waals surface area contributed by atoms with Crippen molar-refractivity contribution in [1.29, 1.82) is 0 Å². The molecule has 0 aliphatic rings. The van der Waals surface area contributed by atoms with Gasteiger partial charge in [-0.3, -0.25) is 9.59 Å². The van der Waals surface area contributed by atoms with E-state index < -0.39 is 18.0 Å². The molecule has 0 saturated heterocycles. The van der Waals surface area contributed by atoms with Crippen LogP contribution < -0.4 is 0 Å². The van der Waals surface area contributed by atoms with Crippen molar-refractivity contribution < 1.29 is 23.9 Å². The summed E-state index contributed by atoms with van der Waals surface area (Å²) in [5.74, 6) is -1.53. The number of esters is 2. The number of amides is 1. The van der Waals surface area contributed by atoms with Crippen molar-refractivity contribution in [3.05, 3.63) is 35.9 Å². The van der Waals surface area contributed by atoms with Gasteiger partial charge in [0.25, 0.3) is 0 Å². The number of halogens is 1. The van der Waals surface area contributed by atoms with Crippen LogP contribution >= 0.6 is 15.9 Å². The van der Waals surface area contributed by atoms with Crippen LogP contribution in [0.3, 0.4) is 0 Å². The van der Waals surface area contributed by atoms with Gasteiger partial charge < -0.3 is 14.4 Å². The van der Waals surface area contributed by atoms with E-state index in [0.717, 1.165) is 10.5 Å². The van der Waals surface area contributed by atoms with Crippen LogP contribution in [0, 0.1) is 0 Å². The normalized spacial score (nSPS) is 11.4. The molecule has 1 unspecified atom stereocenters. The minimum absolute atomic E-state index is 0.00269. The van der Waals surface area contributed by atoms with Gasteiger partial charge in [-0.25, -0.2) is 4.79 Å². The third-order valence-corrected chi connectivity index (χ3v) is 3.55. The number of hydrogen-bond donors (Lipinski definition) is 0. The maximum absolute atomic E-state index is 11.9. The Kier molecular flexibility index (Phi) is 8.32. The van der Waals surface area contributed by atoms with Crippen LogP contribution in [0.5, 0.6) is 0 Å². The molecular weight excluding hydrogens is 366 g/mol. The summed E-state index contributed by atoms with van der Waals surface area (Å²) in [4.78, 5) is 36.8. The number of alkyl halides is 1. The predicted molar refractivity (Wildman–Crippen MR) is 87.8 cm³/mol. The van der Waals surface area contributed by atoms with Crippen LogP contribution in [0.2, 0.25) is 0 Å². The topological polar surface area (TPSA) is 72.9 Å². The van der Waals surface area contributed by atoms with Crippen molar-refractivity contribution in [2.45, 2.75) is 26.5 Å². The minimum Gasteiger partial charge on any atom is -0.464 e. The van der Waals surface area contributed by atoms with Gasteiger partial charge in [0, 0.05) is 0 Å². The fourth-order valence-corrected chi connectivity index (χ4v) is 2.15. The van der Waals surface area contributed by atoms with E-state index in [1.54, 1.807) is 6.92 Å². The molecule has 1 aromatic carbocycles. The SMILES string of the molecule is CCOC(=O)C(C)N(CC(=O)OCc1ccccc1)C(=O)CBr. The van der Waals surface area contributed by atoms with Crippen molar-refractivity contribution in [2.24, 2.45) is 0 Å². The molecular formula is C16H20BrNO5. The second-order valence-corrected chi connectivity index (χ2v) is 5.29. The number of ether oxygens (including phenoxy) is 2. The number of benzene rings is 1. The second-order valence-electron chi connectivity index (χ2n) is 4.73. The van der Waals surface area contributed by atoms with E-state index in [1.807, 2.05) is 30.3 Å².